The van der Waals surface area contributed by atoms with Gasteiger partial charge in [-0.25, -0.2) is 29.9 Å². The lowest BCUT2D eigenvalue weighted by molar-refractivity contribution is 1.07. The molecule has 0 fully saturated rings. The van der Waals surface area contributed by atoms with Crippen LogP contribution < -0.4 is 0 Å². The number of hydrogen-bond donors (Lipinski definition) is 0. The maximum atomic E-state index is 4.96. The molecule has 0 aliphatic heterocycles. The second-order valence-corrected chi connectivity index (χ2v) is 14.0. The van der Waals surface area contributed by atoms with Crippen LogP contribution in [0, 0.1) is 0 Å². The zero-order valence-electron chi connectivity index (χ0n) is 31.3. The molecule has 0 saturated carbocycles. The van der Waals surface area contributed by atoms with E-state index in [9.17, 15) is 0 Å². The summed E-state index contributed by atoms with van der Waals surface area (Å²) in [5.74, 6) is 3.84. The normalized spacial score (nSPS) is 11.1. The van der Waals surface area contributed by atoms with Crippen LogP contribution in [0.3, 0.4) is 0 Å². The average Bonchev–Trinajstić information content (AvgIpc) is 3.32. The third-order valence-corrected chi connectivity index (χ3v) is 10.2. The molecular weight excluding hydrogens is 709 g/mol. The van der Waals surface area contributed by atoms with E-state index in [1.807, 2.05) is 121 Å². The van der Waals surface area contributed by atoms with Crippen molar-refractivity contribution >= 4 is 10.8 Å². The number of hydrogen-bond acceptors (Lipinski definition) is 6. The van der Waals surface area contributed by atoms with Crippen LogP contribution >= 0.6 is 0 Å². The second kappa shape index (κ2) is 15.3. The molecule has 0 radical (unpaired) electrons. The van der Waals surface area contributed by atoms with E-state index < -0.39 is 0 Å². The molecule has 58 heavy (non-hydrogen) atoms. The standard InChI is InChI=1S/C52H34N6/c1-5-14-37(15-6-1)47-53-48(38-16-7-2-8-17-38)56-51(55-47)41-28-24-35(25-29-41)43-30-26-36-27-31-44(34-46(36)33-43)42-22-13-23-45(32-42)52-57-49(39-18-9-3-10-19-39)54-50(58-52)40-20-11-4-12-21-40/h1-34H. The lowest BCUT2D eigenvalue weighted by atomic mass is 9.96. The fourth-order valence-corrected chi connectivity index (χ4v) is 7.13. The van der Waals surface area contributed by atoms with Crippen LogP contribution in [0.1, 0.15) is 0 Å². The summed E-state index contributed by atoms with van der Waals surface area (Å²) in [4.78, 5) is 29.4. The van der Waals surface area contributed by atoms with Crippen LogP contribution in [0.2, 0.25) is 0 Å². The van der Waals surface area contributed by atoms with E-state index in [-0.39, 0.29) is 0 Å². The first-order chi connectivity index (χ1) is 28.7. The molecule has 10 aromatic rings. The summed E-state index contributed by atoms with van der Waals surface area (Å²) in [5, 5.41) is 2.32. The summed E-state index contributed by atoms with van der Waals surface area (Å²) >= 11 is 0. The van der Waals surface area contributed by atoms with Crippen molar-refractivity contribution in [2.24, 2.45) is 0 Å². The van der Waals surface area contributed by atoms with Crippen molar-refractivity contribution in [1.82, 2.24) is 29.9 Å². The van der Waals surface area contributed by atoms with Gasteiger partial charge in [-0.1, -0.05) is 188 Å². The maximum absolute atomic E-state index is 4.96. The summed E-state index contributed by atoms with van der Waals surface area (Å²) in [6.07, 6.45) is 0. The molecule has 0 atom stereocenters. The molecule has 0 N–H and O–H groups in total. The SMILES string of the molecule is c1ccc(-c2nc(-c3ccccc3)nc(-c3ccc(-c4ccc5ccc(-c6cccc(-c7nc(-c8ccccc8)nc(-c8ccccc8)n7)c6)cc5c4)cc3)n2)cc1. The minimum absolute atomic E-state index is 0.630. The molecule has 2 heterocycles. The van der Waals surface area contributed by atoms with Gasteiger partial charge in [-0.15, -0.1) is 0 Å². The molecule has 0 spiro atoms. The van der Waals surface area contributed by atoms with Crippen LogP contribution in [0.15, 0.2) is 206 Å². The highest BCUT2D eigenvalue weighted by Gasteiger charge is 2.15. The Kier molecular flexibility index (Phi) is 9.10. The first kappa shape index (κ1) is 34.5. The monoisotopic (exact) mass is 742 g/mol. The van der Waals surface area contributed by atoms with E-state index in [0.29, 0.717) is 34.9 Å². The van der Waals surface area contributed by atoms with Crippen molar-refractivity contribution in [1.29, 1.82) is 0 Å². The second-order valence-electron chi connectivity index (χ2n) is 14.0. The Morgan fingerprint density at radius 1 is 0.172 bits per heavy atom. The zero-order chi connectivity index (χ0) is 38.7. The van der Waals surface area contributed by atoms with Gasteiger partial charge in [0.1, 0.15) is 0 Å². The number of nitrogens with zero attached hydrogens (tertiary/aromatic N) is 6. The van der Waals surface area contributed by atoms with Gasteiger partial charge in [-0.05, 0) is 51.2 Å². The highest BCUT2D eigenvalue weighted by atomic mass is 15.0. The molecule has 0 saturated heterocycles. The molecule has 6 nitrogen and oxygen atoms in total. The van der Waals surface area contributed by atoms with Gasteiger partial charge >= 0.3 is 0 Å². The van der Waals surface area contributed by atoms with E-state index in [4.69, 9.17) is 29.9 Å². The van der Waals surface area contributed by atoms with E-state index >= 15 is 0 Å². The summed E-state index contributed by atoms with van der Waals surface area (Å²) in [5.41, 5.74) is 10.1. The van der Waals surface area contributed by atoms with Crippen LogP contribution in [0.4, 0.5) is 0 Å². The highest BCUT2D eigenvalue weighted by Crippen LogP contribution is 2.33. The molecule has 8 aromatic carbocycles. The fraction of sp³-hybridized carbons (Fsp3) is 0. The van der Waals surface area contributed by atoms with Crippen LogP contribution in [-0.2, 0) is 0 Å². The van der Waals surface area contributed by atoms with Crippen LogP contribution in [-0.4, -0.2) is 29.9 Å². The van der Waals surface area contributed by atoms with Crippen molar-refractivity contribution in [2.45, 2.75) is 0 Å². The van der Waals surface area contributed by atoms with Gasteiger partial charge in [0, 0.05) is 33.4 Å². The lowest BCUT2D eigenvalue weighted by Gasteiger charge is -2.11. The van der Waals surface area contributed by atoms with Crippen molar-refractivity contribution in [3.8, 4) is 90.6 Å². The third kappa shape index (κ3) is 7.14. The predicted octanol–water partition coefficient (Wildman–Crippen LogP) is 12.5. The van der Waals surface area contributed by atoms with Crippen molar-refractivity contribution in [2.75, 3.05) is 0 Å². The Labute approximate surface area is 336 Å². The van der Waals surface area contributed by atoms with Crippen LogP contribution in [0.25, 0.3) is 101 Å². The summed E-state index contributed by atoms with van der Waals surface area (Å²) in [6, 6.07) is 70.3. The fourth-order valence-electron chi connectivity index (χ4n) is 7.13. The van der Waals surface area contributed by atoms with E-state index in [1.54, 1.807) is 0 Å². The summed E-state index contributed by atoms with van der Waals surface area (Å²) < 4.78 is 0. The lowest BCUT2D eigenvalue weighted by Crippen LogP contribution is -2.00. The minimum atomic E-state index is 0.630. The van der Waals surface area contributed by atoms with E-state index in [1.165, 1.54) is 5.39 Å². The average molecular weight is 743 g/mol. The summed E-state index contributed by atoms with van der Waals surface area (Å²) in [6.45, 7) is 0. The maximum Gasteiger partial charge on any atom is 0.164 e. The van der Waals surface area contributed by atoms with Crippen molar-refractivity contribution in [3.05, 3.63) is 206 Å². The number of aromatic nitrogens is 6. The van der Waals surface area contributed by atoms with Gasteiger partial charge in [0.2, 0.25) is 0 Å². The third-order valence-electron chi connectivity index (χ3n) is 10.2. The molecule has 0 amide bonds. The Hall–Kier alpha value is -7.96. The molecule has 0 aliphatic rings. The summed E-state index contributed by atoms with van der Waals surface area (Å²) in [7, 11) is 0. The Morgan fingerprint density at radius 3 is 0.862 bits per heavy atom. The molecule has 272 valence electrons. The number of benzene rings is 8. The zero-order valence-corrected chi connectivity index (χ0v) is 31.3. The molecule has 6 heteroatoms. The first-order valence-corrected chi connectivity index (χ1v) is 19.2. The molecular formula is C52H34N6. The quantitative estimate of drug-likeness (QED) is 0.154. The van der Waals surface area contributed by atoms with Gasteiger partial charge in [0.15, 0.2) is 34.9 Å². The first-order valence-electron chi connectivity index (χ1n) is 19.2. The van der Waals surface area contributed by atoms with Crippen molar-refractivity contribution in [3.63, 3.8) is 0 Å². The van der Waals surface area contributed by atoms with Gasteiger partial charge < -0.3 is 0 Å². The topological polar surface area (TPSA) is 77.3 Å². The molecule has 0 bridgehead atoms. The Bertz CT molecular complexity index is 2910. The largest absolute Gasteiger partial charge is 0.208 e. The van der Waals surface area contributed by atoms with E-state index in [2.05, 4.69) is 84.9 Å². The van der Waals surface area contributed by atoms with Gasteiger partial charge in [0.05, 0.1) is 0 Å². The van der Waals surface area contributed by atoms with Crippen molar-refractivity contribution < 1.29 is 0 Å². The van der Waals surface area contributed by atoms with Gasteiger partial charge in [0.25, 0.3) is 0 Å². The molecule has 10 rings (SSSR count). The molecule has 0 unspecified atom stereocenters. The predicted molar refractivity (Wildman–Crippen MR) is 234 cm³/mol. The Morgan fingerprint density at radius 2 is 0.448 bits per heavy atom. The minimum Gasteiger partial charge on any atom is -0.208 e. The van der Waals surface area contributed by atoms with Crippen LogP contribution in [0.5, 0.6) is 0 Å². The van der Waals surface area contributed by atoms with Gasteiger partial charge in [-0.3, -0.25) is 0 Å². The molecule has 2 aromatic heterocycles. The number of rotatable bonds is 8. The molecule has 0 aliphatic carbocycles. The number of fused-ring (bicyclic) bond motifs is 1. The Balaban J connectivity index is 0.971. The van der Waals surface area contributed by atoms with Gasteiger partial charge in [-0.2, -0.15) is 0 Å². The smallest absolute Gasteiger partial charge is 0.164 e. The van der Waals surface area contributed by atoms with E-state index in [0.717, 1.165) is 61.0 Å². The highest BCUT2D eigenvalue weighted by molar-refractivity contribution is 5.91.